The van der Waals surface area contributed by atoms with Gasteiger partial charge < -0.3 is 14.8 Å². The number of carbonyl (C=O) groups is 1. The van der Waals surface area contributed by atoms with E-state index in [9.17, 15) is 9.18 Å². The van der Waals surface area contributed by atoms with E-state index in [2.05, 4.69) is 26.3 Å². The Morgan fingerprint density at radius 2 is 1.76 bits per heavy atom. The first-order valence-electron chi connectivity index (χ1n) is 10.7. The molecule has 4 aromatic rings. The van der Waals surface area contributed by atoms with Crippen molar-refractivity contribution in [3.63, 3.8) is 0 Å². The average Bonchev–Trinajstić information content (AvgIpc) is 3.19. The van der Waals surface area contributed by atoms with Crippen LogP contribution in [0.5, 0.6) is 11.5 Å². The molecule has 1 heterocycles. The second-order valence-corrected chi connectivity index (χ2v) is 8.32. The number of benzene rings is 3. The van der Waals surface area contributed by atoms with E-state index < -0.39 is 0 Å². The SMILES string of the molecule is CCOc1ccc(OCc2cccc(C(=O)Nc3nn(Cc4ccccc4F)cc3Br)c2)cc1. The van der Waals surface area contributed by atoms with Crippen LogP contribution in [0.4, 0.5) is 10.2 Å². The smallest absolute Gasteiger partial charge is 0.256 e. The number of rotatable bonds is 9. The highest BCUT2D eigenvalue weighted by atomic mass is 79.9. The Labute approximate surface area is 205 Å². The molecule has 0 aliphatic heterocycles. The minimum atomic E-state index is -0.306. The number of aromatic nitrogens is 2. The van der Waals surface area contributed by atoms with Crippen molar-refractivity contribution in [3.8, 4) is 11.5 Å². The summed E-state index contributed by atoms with van der Waals surface area (Å²) in [6, 6.07) is 21.1. The van der Waals surface area contributed by atoms with E-state index >= 15 is 0 Å². The molecule has 0 unspecified atom stereocenters. The van der Waals surface area contributed by atoms with Crippen molar-refractivity contribution in [2.45, 2.75) is 20.1 Å². The van der Waals surface area contributed by atoms with Gasteiger partial charge in [0.05, 0.1) is 17.6 Å². The molecular formula is C26H23BrFN3O3. The quantitative estimate of drug-likeness (QED) is 0.289. The van der Waals surface area contributed by atoms with Crippen LogP contribution in [0.2, 0.25) is 0 Å². The first-order chi connectivity index (χ1) is 16.5. The number of carbonyl (C=O) groups excluding carboxylic acids is 1. The number of ether oxygens (including phenoxy) is 2. The average molecular weight is 524 g/mol. The molecule has 0 spiro atoms. The van der Waals surface area contributed by atoms with E-state index in [1.54, 1.807) is 47.3 Å². The van der Waals surface area contributed by atoms with Crippen LogP contribution < -0.4 is 14.8 Å². The zero-order chi connectivity index (χ0) is 23.9. The standard InChI is InChI=1S/C26H23BrFN3O3/c1-2-33-21-10-12-22(13-11-21)34-17-18-6-5-8-19(14-18)26(32)29-25-23(27)16-31(30-25)15-20-7-3-4-9-24(20)28/h3-14,16H,2,15,17H2,1H3,(H,29,30,32). The van der Waals surface area contributed by atoms with Gasteiger partial charge in [-0.3, -0.25) is 9.48 Å². The molecule has 0 aliphatic rings. The zero-order valence-corrected chi connectivity index (χ0v) is 20.1. The van der Waals surface area contributed by atoms with Gasteiger partial charge in [0.15, 0.2) is 5.82 Å². The highest BCUT2D eigenvalue weighted by Crippen LogP contribution is 2.23. The van der Waals surface area contributed by atoms with E-state index in [1.807, 2.05) is 37.3 Å². The molecule has 0 saturated carbocycles. The predicted octanol–water partition coefficient (Wildman–Crippen LogP) is 6.06. The molecule has 174 valence electrons. The van der Waals surface area contributed by atoms with Crippen molar-refractivity contribution >= 4 is 27.7 Å². The zero-order valence-electron chi connectivity index (χ0n) is 18.5. The number of hydrogen-bond acceptors (Lipinski definition) is 4. The van der Waals surface area contributed by atoms with Crippen molar-refractivity contribution < 1.29 is 18.7 Å². The molecule has 0 saturated heterocycles. The normalized spacial score (nSPS) is 10.7. The Bertz CT molecular complexity index is 1270. The fourth-order valence-corrected chi connectivity index (χ4v) is 3.73. The Balaban J connectivity index is 1.38. The summed E-state index contributed by atoms with van der Waals surface area (Å²) in [6.45, 7) is 3.11. The second kappa shape index (κ2) is 11.0. The van der Waals surface area contributed by atoms with E-state index in [0.717, 1.165) is 11.3 Å². The summed E-state index contributed by atoms with van der Waals surface area (Å²) in [5, 5.41) is 7.17. The van der Waals surface area contributed by atoms with Crippen LogP contribution in [-0.4, -0.2) is 22.3 Å². The van der Waals surface area contributed by atoms with Gasteiger partial charge in [-0.05, 0) is 70.9 Å². The second-order valence-electron chi connectivity index (χ2n) is 7.46. The number of anilines is 1. The van der Waals surface area contributed by atoms with Crippen LogP contribution in [0.1, 0.15) is 28.4 Å². The van der Waals surface area contributed by atoms with Crippen LogP contribution in [0.15, 0.2) is 83.5 Å². The lowest BCUT2D eigenvalue weighted by molar-refractivity contribution is 0.102. The summed E-state index contributed by atoms with van der Waals surface area (Å²) in [6.07, 6.45) is 1.70. The number of amides is 1. The molecule has 0 radical (unpaired) electrons. The first kappa shape index (κ1) is 23.5. The van der Waals surface area contributed by atoms with Gasteiger partial charge in [0.1, 0.15) is 23.9 Å². The van der Waals surface area contributed by atoms with Crippen molar-refractivity contribution in [2.24, 2.45) is 0 Å². The van der Waals surface area contributed by atoms with Crippen molar-refractivity contribution in [3.05, 3.63) is 106 Å². The van der Waals surface area contributed by atoms with Gasteiger partial charge in [-0.2, -0.15) is 5.10 Å². The molecule has 1 N–H and O–H groups in total. The summed E-state index contributed by atoms with van der Waals surface area (Å²) in [4.78, 5) is 12.8. The molecule has 1 amide bonds. The first-order valence-corrected chi connectivity index (χ1v) is 11.5. The lowest BCUT2D eigenvalue weighted by atomic mass is 10.1. The van der Waals surface area contributed by atoms with Gasteiger partial charge in [-0.15, -0.1) is 0 Å². The fraction of sp³-hybridized carbons (Fsp3) is 0.154. The highest BCUT2D eigenvalue weighted by Gasteiger charge is 2.14. The van der Waals surface area contributed by atoms with Crippen LogP contribution in [0, 0.1) is 5.82 Å². The third kappa shape index (κ3) is 6.02. The van der Waals surface area contributed by atoms with Gasteiger partial charge in [0.2, 0.25) is 0 Å². The third-order valence-electron chi connectivity index (χ3n) is 4.97. The number of halogens is 2. The van der Waals surface area contributed by atoms with E-state index in [1.165, 1.54) is 6.07 Å². The van der Waals surface area contributed by atoms with Crippen molar-refractivity contribution in [2.75, 3.05) is 11.9 Å². The maximum absolute atomic E-state index is 13.9. The van der Waals surface area contributed by atoms with Crippen LogP contribution in [0.3, 0.4) is 0 Å². The topological polar surface area (TPSA) is 65.4 Å². The van der Waals surface area contributed by atoms with Crippen molar-refractivity contribution in [1.29, 1.82) is 0 Å². The lowest BCUT2D eigenvalue weighted by Crippen LogP contribution is -2.13. The van der Waals surface area contributed by atoms with Crippen molar-refractivity contribution in [1.82, 2.24) is 9.78 Å². The summed E-state index contributed by atoms with van der Waals surface area (Å²) >= 11 is 3.41. The summed E-state index contributed by atoms with van der Waals surface area (Å²) in [5.41, 5.74) is 1.84. The molecule has 3 aromatic carbocycles. The van der Waals surface area contributed by atoms with E-state index in [0.29, 0.717) is 40.4 Å². The summed E-state index contributed by atoms with van der Waals surface area (Å²) in [5.74, 6) is 1.25. The molecule has 6 nitrogen and oxygen atoms in total. The highest BCUT2D eigenvalue weighted by molar-refractivity contribution is 9.10. The van der Waals surface area contributed by atoms with Crippen LogP contribution in [0.25, 0.3) is 0 Å². The largest absolute Gasteiger partial charge is 0.494 e. The van der Waals surface area contributed by atoms with Gasteiger partial charge in [0, 0.05) is 17.3 Å². The molecule has 4 rings (SSSR count). The van der Waals surface area contributed by atoms with Gasteiger partial charge in [-0.1, -0.05) is 30.3 Å². The van der Waals surface area contributed by atoms with Gasteiger partial charge in [-0.25, -0.2) is 4.39 Å². The monoisotopic (exact) mass is 523 g/mol. The third-order valence-corrected chi connectivity index (χ3v) is 5.55. The Kier molecular flexibility index (Phi) is 7.59. The Morgan fingerprint density at radius 3 is 2.50 bits per heavy atom. The Hall–Kier alpha value is -3.65. The van der Waals surface area contributed by atoms with Gasteiger partial charge in [0.25, 0.3) is 5.91 Å². The summed E-state index contributed by atoms with van der Waals surface area (Å²) < 4.78 is 27.4. The number of hydrogen-bond donors (Lipinski definition) is 1. The predicted molar refractivity (Wildman–Crippen MR) is 132 cm³/mol. The Morgan fingerprint density at radius 1 is 1.03 bits per heavy atom. The molecule has 0 bridgehead atoms. The fourth-order valence-electron chi connectivity index (χ4n) is 3.31. The van der Waals surface area contributed by atoms with Crippen LogP contribution in [-0.2, 0) is 13.2 Å². The molecule has 0 fully saturated rings. The maximum Gasteiger partial charge on any atom is 0.256 e. The minimum Gasteiger partial charge on any atom is -0.494 e. The molecule has 0 atom stereocenters. The molecular weight excluding hydrogens is 501 g/mol. The lowest BCUT2D eigenvalue weighted by Gasteiger charge is -2.09. The molecule has 8 heteroatoms. The summed E-state index contributed by atoms with van der Waals surface area (Å²) in [7, 11) is 0. The molecule has 1 aromatic heterocycles. The van der Waals surface area contributed by atoms with E-state index in [4.69, 9.17) is 9.47 Å². The maximum atomic E-state index is 13.9. The number of nitrogens with one attached hydrogen (secondary N) is 1. The van der Waals surface area contributed by atoms with Gasteiger partial charge >= 0.3 is 0 Å². The van der Waals surface area contributed by atoms with Crippen LogP contribution >= 0.6 is 15.9 Å². The molecule has 0 aliphatic carbocycles. The molecule has 34 heavy (non-hydrogen) atoms. The van der Waals surface area contributed by atoms with E-state index in [-0.39, 0.29) is 18.3 Å². The number of nitrogens with zero attached hydrogens (tertiary/aromatic N) is 2. The minimum absolute atomic E-state index is 0.250.